The fourth-order valence-electron chi connectivity index (χ4n) is 22.9. The second-order valence-corrected chi connectivity index (χ2v) is 43.5. The van der Waals surface area contributed by atoms with E-state index in [0.717, 1.165) is 58.4 Å². The fourth-order valence-corrected chi connectivity index (χ4v) is 22.9. The number of carbonyl (C=O) groups excluding carboxylic acids is 4. The number of anilines is 2. The van der Waals surface area contributed by atoms with Gasteiger partial charge in [0.2, 0.25) is 5.43 Å². The number of carboxylic acid groups (broad SMARTS) is 1. The molecule has 1 aromatic heterocycles. The monoisotopic (exact) mass is 2000 g/mol. The van der Waals surface area contributed by atoms with Gasteiger partial charge in [0.25, 0.3) is 11.7 Å². The summed E-state index contributed by atoms with van der Waals surface area (Å²) < 4.78 is 84.3. The van der Waals surface area contributed by atoms with Crippen molar-refractivity contribution in [2.24, 2.45) is 63.2 Å². The summed E-state index contributed by atoms with van der Waals surface area (Å²) in [4.78, 5) is 97.3. The number of piperidine rings is 2. The highest BCUT2D eigenvalue weighted by Crippen LogP contribution is 2.53. The molecular weight excluding hydrogens is 1840 g/mol. The van der Waals surface area contributed by atoms with E-state index in [4.69, 9.17) is 57.1 Å². The number of ketones is 1. The van der Waals surface area contributed by atoms with Gasteiger partial charge in [-0.3, -0.25) is 29.0 Å². The predicted molar refractivity (Wildman–Crippen MR) is 529 cm³/mol. The lowest BCUT2D eigenvalue weighted by atomic mass is 9.77. The summed E-state index contributed by atoms with van der Waals surface area (Å²) in [5.74, 6) is -10.2. The molecule has 10 heterocycles. The van der Waals surface area contributed by atoms with Crippen molar-refractivity contribution < 1.29 is 132 Å². The van der Waals surface area contributed by atoms with Gasteiger partial charge in [-0.05, 0) is 165 Å². The van der Waals surface area contributed by atoms with Gasteiger partial charge in [-0.2, -0.15) is 0 Å². The Morgan fingerprint density at radius 3 is 2.08 bits per heavy atom. The van der Waals surface area contributed by atoms with Gasteiger partial charge in [0, 0.05) is 163 Å². The number of hydrogen-bond donors (Lipinski definition) is 12. The molecule has 14 rings (SSSR count). The number of esters is 2. The zero-order valence-corrected chi connectivity index (χ0v) is 87.6. The molecule has 1 spiro atoms. The number of amides is 1. The Morgan fingerprint density at radius 1 is 0.796 bits per heavy atom. The highest BCUT2D eigenvalue weighted by Gasteiger charge is 2.56. The van der Waals surface area contributed by atoms with Crippen LogP contribution in [-0.4, -0.2) is 320 Å². The molecule has 3 aromatic carbocycles. The SMILES string of the molecule is CC[C@H]1OC(=O)[C@H](C)[C@@H](OC2CC(C)(OC)C(O)C(C)O2)[C@H](C)[C@@H](OC2OC(C)CC(N(C)C)C2O)[C@](C)(O)C[C@@H](C)CN(C)[C@H](C)[C@@H](O)[C@]1(C)O.CO[C@H]1/C=C/O[C@@]2(C)Oc3c(C)c(O)c4c(O)c(c5c(c4c3C2=O)NC2(CCN(CC(C)C)CC2)N=5)=NC(=O)/C(C)=C\C=C\[C@H](C)[C@H](O)[C@@H](C)[C@@H](O)[C@@H](C)[C@H](OC(C)=O)[C@@H]1C.COc1c(N2C[C@@H]3CCCN[C@@H]3C2)c(F)cc2c(=O)c(C(=O)O)cn(C3CC3)c12. The fraction of sp³-hybridized carbons (Fsp3) is 0.714. The number of likely N-dealkylation sites (tertiary alicyclic amines) is 1. The number of carbonyl (C=O) groups is 5. The summed E-state index contributed by atoms with van der Waals surface area (Å²) >= 11 is 0. The Hall–Kier alpha value is -8.45. The molecule has 1 saturated carbocycles. The molecule has 36 nitrogen and oxygen atoms in total. The summed E-state index contributed by atoms with van der Waals surface area (Å²) in [6.45, 7) is 40.0. The lowest BCUT2D eigenvalue weighted by Crippen LogP contribution is -2.60. The number of ether oxygens (including phenoxy) is 11. The first-order valence-electron chi connectivity index (χ1n) is 50.5. The Balaban J connectivity index is 0.000000201. The van der Waals surface area contributed by atoms with Crippen molar-refractivity contribution in [3.63, 3.8) is 0 Å². The minimum atomic E-state index is -1.95. The third kappa shape index (κ3) is 23.2. The van der Waals surface area contributed by atoms with Crippen LogP contribution in [0.25, 0.3) is 21.7 Å². The molecule has 4 bridgehead atoms. The van der Waals surface area contributed by atoms with E-state index in [0.29, 0.717) is 72.9 Å². The molecule has 8 unspecified atom stereocenters. The number of methoxy groups -OCH3 is 3. The Morgan fingerprint density at radius 2 is 1.47 bits per heavy atom. The summed E-state index contributed by atoms with van der Waals surface area (Å²) in [6, 6.07) is 0.809. The lowest BCUT2D eigenvalue weighted by Gasteiger charge is -2.48. The molecule has 37 heteroatoms. The molecule has 12 N–H and O–H groups in total. The third-order valence-corrected chi connectivity index (χ3v) is 31.6. The smallest absolute Gasteiger partial charge is 0.341 e. The molecule has 10 aliphatic rings. The van der Waals surface area contributed by atoms with E-state index in [1.165, 1.54) is 60.6 Å². The predicted octanol–water partition coefficient (Wildman–Crippen LogP) is 9.02. The van der Waals surface area contributed by atoms with Gasteiger partial charge in [0.15, 0.2) is 29.9 Å². The maximum absolute atomic E-state index is 15.3. The number of allylic oxidation sites excluding steroid dienone is 2. The number of aromatic nitrogens is 1. The van der Waals surface area contributed by atoms with Crippen LogP contribution in [0.4, 0.5) is 15.8 Å². The summed E-state index contributed by atoms with van der Waals surface area (Å²) in [6.07, 6.45) is 2.29. The van der Waals surface area contributed by atoms with Crippen LogP contribution in [0, 0.1) is 66.0 Å². The number of rotatable bonds is 15. The number of benzene rings is 3. The number of halogens is 1. The largest absolute Gasteiger partial charge is 0.507 e. The van der Waals surface area contributed by atoms with Crippen LogP contribution in [-0.2, 0) is 57.0 Å². The van der Waals surface area contributed by atoms with Crippen LogP contribution in [0.2, 0.25) is 0 Å². The Labute approximate surface area is 832 Å². The number of nitrogens with zero attached hydrogens (tertiary/aromatic N) is 7. The lowest BCUT2D eigenvalue weighted by molar-refractivity contribution is -0.318. The molecule has 6 saturated heterocycles. The first kappa shape index (κ1) is 112. The third-order valence-electron chi connectivity index (χ3n) is 31.6. The van der Waals surface area contributed by atoms with Crippen LogP contribution in [0.5, 0.6) is 23.0 Å². The zero-order valence-electron chi connectivity index (χ0n) is 87.6. The van der Waals surface area contributed by atoms with E-state index in [-0.39, 0.29) is 104 Å². The quantitative estimate of drug-likeness (QED) is 0.0390. The summed E-state index contributed by atoms with van der Waals surface area (Å²) in [5.41, 5.74) is -4.64. The van der Waals surface area contributed by atoms with E-state index in [2.05, 4.69) is 34.4 Å². The van der Waals surface area contributed by atoms with E-state index < -0.39 is 196 Å². The number of cyclic esters (lactones) is 1. The number of Topliss-reactive ketones (excluding diaryl/α,β-unsaturated/α-hetero) is 1. The second-order valence-electron chi connectivity index (χ2n) is 43.5. The molecule has 4 aromatic rings. The van der Waals surface area contributed by atoms with Crippen molar-refractivity contribution in [1.29, 1.82) is 0 Å². The van der Waals surface area contributed by atoms with Crippen LogP contribution >= 0.6 is 0 Å². The number of pyridine rings is 1. The standard InChI is InChI=1S/C46H62N4O11.C38H72N2O12.C21H24FN3O4/c1-22(2)21-50-18-16-46(17-19-50)48-34-31-32-39(54)28(8)42-33(31)43(56)45(10,61-42)59-20-15-30(58-11)25(5)41(60-29(9)51)27(7)38(53)26(6)37(52)23(3)13-12-14-24(4)44(57)47-36(40(32)55)35(34)49-46;1-15-27-38(10,46)31(42)24(6)40(13)19-20(2)17-36(8,45)33(52-35-29(41)26(39(11)12)16-21(3)48-35)22(4)30(23(5)34(44)50-27)51-28-18-37(9,47-14)32(43)25(7)49-28;1-29-20-17-13(19(26)14(21(27)28)9-25(17)12-4-5-12)7-15(22)18(20)24-8-11-3-2-6-23-16(11)10-24/h12-15,20,22-23,25-27,30,37-38,41,48,52-55H,16-19,21H2,1-11H3;20-33,35,41-43,45-46H,15-19H2,1-14H3;7,9,11-12,16,23H,2-6,8,10H2,1H3,(H,27,28)/b13-12+,20-15+,24-14-,47-36?;;/t23-,25+,26+,27+,30-,37-,38+,41+,45-;20-,21?,22+,23-,24-,25?,26?,27-,28?,29?,30+,31-,32?,33-,35?,36-,37?,38-;11-,16+/m010/s1. The molecule has 7 fully saturated rings. The number of nitrogens with one attached hydrogen (secondary N) is 2. The molecule has 29 atom stereocenters. The van der Waals surface area contributed by atoms with Crippen molar-refractivity contribution in [2.45, 2.75) is 341 Å². The van der Waals surface area contributed by atoms with Crippen molar-refractivity contribution in [3.8, 4) is 23.0 Å². The number of fused-ring (bicyclic) bond motifs is 3. The zero-order chi connectivity index (χ0) is 105. The van der Waals surface area contributed by atoms with Gasteiger partial charge in [0.1, 0.15) is 75.2 Å². The number of aromatic carboxylic acids is 1. The first-order chi connectivity index (χ1) is 66.5. The molecule has 0 radical (unpaired) electrons. The second kappa shape index (κ2) is 45.1. The molecule has 142 heavy (non-hydrogen) atoms. The van der Waals surface area contributed by atoms with Crippen LogP contribution in [0.3, 0.4) is 0 Å². The van der Waals surface area contributed by atoms with Gasteiger partial charge in [-0.15, -0.1) is 0 Å². The maximum atomic E-state index is 15.3. The molecule has 1 aliphatic carbocycles. The number of hydrogen-bond acceptors (Lipinski definition) is 33. The number of carboxylic acids is 1. The van der Waals surface area contributed by atoms with Crippen molar-refractivity contribution in [2.75, 3.05) is 98.5 Å². The van der Waals surface area contributed by atoms with Gasteiger partial charge in [-0.1, -0.05) is 80.5 Å². The molecular formula is C105H158FN9O27. The topological polar surface area (TPSA) is 473 Å². The first-order valence-corrected chi connectivity index (χ1v) is 50.5. The average molecular weight is 2000 g/mol. The summed E-state index contributed by atoms with van der Waals surface area (Å²) in [7, 11) is 10.1. The molecule has 1 amide bonds. The Bertz CT molecular complexity index is 5490. The van der Waals surface area contributed by atoms with Crippen LogP contribution < -0.4 is 41.2 Å². The number of aromatic hydroxyl groups is 2. The normalized spacial score (nSPS) is 37.1. The van der Waals surface area contributed by atoms with Crippen molar-refractivity contribution in [1.82, 2.24) is 24.6 Å². The number of phenolic OH excluding ortho intramolecular Hbond substituents is 2. The van der Waals surface area contributed by atoms with E-state index in [1.54, 1.807) is 112 Å². The average Bonchev–Trinajstić information content (AvgIpc) is 1.53. The molecule has 792 valence electrons. The number of aliphatic hydroxyl groups excluding tert-OH is 5. The maximum Gasteiger partial charge on any atom is 0.341 e. The van der Waals surface area contributed by atoms with Gasteiger partial charge in [-0.25, -0.2) is 14.2 Å². The van der Waals surface area contributed by atoms with Gasteiger partial charge >= 0.3 is 23.7 Å². The van der Waals surface area contributed by atoms with E-state index in [9.17, 15) is 79.8 Å². The highest BCUT2D eigenvalue weighted by molar-refractivity contribution is 6.22. The van der Waals surface area contributed by atoms with Crippen molar-refractivity contribution in [3.05, 3.63) is 91.8 Å². The van der Waals surface area contributed by atoms with Crippen LogP contribution in [0.15, 0.2) is 63.2 Å². The number of phenols is 2. The van der Waals surface area contributed by atoms with Gasteiger partial charge < -0.3 is 138 Å². The number of likely N-dealkylation sites (N-methyl/N-ethyl adjacent to an activating group) is 2. The molecule has 9 aliphatic heterocycles. The van der Waals surface area contributed by atoms with Gasteiger partial charge in [0.05, 0.1) is 101 Å². The minimum absolute atomic E-state index is 0.0538. The van der Waals surface area contributed by atoms with Crippen molar-refractivity contribution >= 4 is 62.6 Å². The Kier molecular flexibility index (Phi) is 35.7. The van der Waals surface area contributed by atoms with E-state index >= 15 is 4.39 Å². The minimum Gasteiger partial charge on any atom is -0.507 e. The van der Waals surface area contributed by atoms with Crippen LogP contribution in [0.1, 0.15) is 228 Å². The highest BCUT2D eigenvalue weighted by atomic mass is 19.1. The summed E-state index contributed by atoms with van der Waals surface area (Å²) in [5, 5.41) is 122. The van der Waals surface area contributed by atoms with E-state index in [1.807, 2.05) is 56.6 Å². The number of aliphatic hydroxyl groups is 7.